The summed E-state index contributed by atoms with van der Waals surface area (Å²) in [5.41, 5.74) is 0. The van der Waals surface area contributed by atoms with Crippen molar-refractivity contribution in [2.75, 3.05) is 19.6 Å². The molecule has 2 aliphatic rings. The van der Waals surface area contributed by atoms with Gasteiger partial charge in [-0.3, -0.25) is 4.90 Å². The second kappa shape index (κ2) is 7.64. The first-order chi connectivity index (χ1) is 9.20. The lowest BCUT2D eigenvalue weighted by Gasteiger charge is -2.35. The lowest BCUT2D eigenvalue weighted by atomic mass is 9.83. The third-order valence-corrected chi connectivity index (χ3v) is 5.49. The van der Waals surface area contributed by atoms with Crippen LogP contribution in [0.3, 0.4) is 0 Å². The first-order valence-corrected chi connectivity index (χ1v) is 8.68. The molecule has 0 aromatic rings. The third-order valence-electron chi connectivity index (χ3n) is 5.49. The van der Waals surface area contributed by atoms with Crippen LogP contribution in [0.25, 0.3) is 0 Å². The highest BCUT2D eigenvalue weighted by Gasteiger charge is 2.29. The fraction of sp³-hybridized carbons (Fsp3) is 1.00. The number of nitrogens with zero attached hydrogens (tertiary/aromatic N) is 1. The molecule has 19 heavy (non-hydrogen) atoms. The van der Waals surface area contributed by atoms with Crippen molar-refractivity contribution in [2.45, 2.75) is 77.8 Å². The lowest BCUT2D eigenvalue weighted by Crippen LogP contribution is -2.46. The maximum Gasteiger partial charge on any atom is 0.0223 e. The van der Waals surface area contributed by atoms with Gasteiger partial charge in [-0.25, -0.2) is 0 Å². The van der Waals surface area contributed by atoms with Gasteiger partial charge >= 0.3 is 0 Å². The predicted octanol–water partition coefficient (Wildman–Crippen LogP) is 3.67. The largest absolute Gasteiger partial charge is 0.312 e. The lowest BCUT2D eigenvalue weighted by molar-refractivity contribution is 0.152. The van der Waals surface area contributed by atoms with Gasteiger partial charge in [0.15, 0.2) is 0 Å². The van der Waals surface area contributed by atoms with Gasteiger partial charge in [0.2, 0.25) is 0 Å². The van der Waals surface area contributed by atoms with Gasteiger partial charge in [-0.15, -0.1) is 0 Å². The first kappa shape index (κ1) is 15.3. The average Bonchev–Trinajstić information content (AvgIpc) is 2.62. The van der Waals surface area contributed by atoms with E-state index < -0.39 is 0 Å². The van der Waals surface area contributed by atoms with Crippen molar-refractivity contribution >= 4 is 0 Å². The molecule has 0 aromatic heterocycles. The van der Waals surface area contributed by atoms with Crippen LogP contribution in [0.2, 0.25) is 0 Å². The van der Waals surface area contributed by atoms with Gasteiger partial charge in [0, 0.05) is 25.2 Å². The Morgan fingerprint density at radius 2 is 1.89 bits per heavy atom. The quantitative estimate of drug-likeness (QED) is 0.835. The molecule has 112 valence electrons. The Balaban J connectivity index is 1.93. The van der Waals surface area contributed by atoms with E-state index in [0.717, 1.165) is 23.9 Å². The van der Waals surface area contributed by atoms with Crippen molar-refractivity contribution < 1.29 is 0 Å². The SMILES string of the molecule is CCC(C)CN1CC(C2CCCCC2)NCCC1C. The smallest absolute Gasteiger partial charge is 0.0223 e. The van der Waals surface area contributed by atoms with Crippen molar-refractivity contribution in [1.82, 2.24) is 10.2 Å². The summed E-state index contributed by atoms with van der Waals surface area (Å²) in [5.74, 6) is 1.78. The van der Waals surface area contributed by atoms with Gasteiger partial charge in [-0.1, -0.05) is 39.5 Å². The van der Waals surface area contributed by atoms with E-state index in [-0.39, 0.29) is 0 Å². The molecule has 1 N–H and O–H groups in total. The van der Waals surface area contributed by atoms with E-state index in [1.807, 2.05) is 0 Å². The van der Waals surface area contributed by atoms with Crippen LogP contribution in [0.15, 0.2) is 0 Å². The van der Waals surface area contributed by atoms with Gasteiger partial charge in [-0.05, 0) is 44.6 Å². The second-order valence-corrected chi connectivity index (χ2v) is 7.06. The Kier molecular flexibility index (Phi) is 6.15. The van der Waals surface area contributed by atoms with Crippen molar-refractivity contribution in [1.29, 1.82) is 0 Å². The van der Waals surface area contributed by atoms with Crippen LogP contribution in [-0.4, -0.2) is 36.6 Å². The summed E-state index contributed by atoms with van der Waals surface area (Å²) in [6, 6.07) is 1.52. The minimum absolute atomic E-state index is 0.759. The number of nitrogens with one attached hydrogen (secondary N) is 1. The zero-order valence-electron chi connectivity index (χ0n) is 13.3. The van der Waals surface area contributed by atoms with Gasteiger partial charge < -0.3 is 5.32 Å². The number of rotatable bonds is 4. The maximum absolute atomic E-state index is 3.86. The molecule has 1 aliphatic carbocycles. The van der Waals surface area contributed by atoms with Crippen LogP contribution in [-0.2, 0) is 0 Å². The number of hydrogen-bond donors (Lipinski definition) is 1. The summed E-state index contributed by atoms with van der Waals surface area (Å²) in [6.45, 7) is 11.0. The minimum Gasteiger partial charge on any atom is -0.312 e. The van der Waals surface area contributed by atoms with Crippen molar-refractivity contribution in [3.8, 4) is 0 Å². The van der Waals surface area contributed by atoms with Crippen molar-refractivity contribution in [3.63, 3.8) is 0 Å². The normalized spacial score (nSPS) is 33.0. The summed E-state index contributed by atoms with van der Waals surface area (Å²) >= 11 is 0. The molecule has 2 fully saturated rings. The Hall–Kier alpha value is -0.0800. The van der Waals surface area contributed by atoms with E-state index >= 15 is 0 Å². The molecule has 3 atom stereocenters. The standard InChI is InChI=1S/C17H34N2/c1-4-14(2)12-19-13-17(18-11-10-15(19)3)16-8-6-5-7-9-16/h14-18H,4-13H2,1-3H3. The molecule has 1 saturated carbocycles. The molecule has 0 bridgehead atoms. The van der Waals surface area contributed by atoms with E-state index in [4.69, 9.17) is 0 Å². The van der Waals surface area contributed by atoms with Crippen molar-refractivity contribution in [3.05, 3.63) is 0 Å². The third kappa shape index (κ3) is 4.46. The van der Waals surface area contributed by atoms with Gasteiger partial charge in [-0.2, -0.15) is 0 Å². The Morgan fingerprint density at radius 3 is 2.58 bits per heavy atom. The van der Waals surface area contributed by atoms with Crippen LogP contribution in [0.1, 0.15) is 65.7 Å². The highest BCUT2D eigenvalue weighted by molar-refractivity contribution is 4.87. The van der Waals surface area contributed by atoms with Gasteiger partial charge in [0.1, 0.15) is 0 Å². The summed E-state index contributed by atoms with van der Waals surface area (Å²) in [7, 11) is 0. The average molecular weight is 266 g/mol. The maximum atomic E-state index is 3.86. The molecule has 2 rings (SSSR count). The predicted molar refractivity (Wildman–Crippen MR) is 83.5 cm³/mol. The Bertz CT molecular complexity index is 248. The highest BCUT2D eigenvalue weighted by atomic mass is 15.2. The molecule has 0 spiro atoms. The number of hydrogen-bond acceptors (Lipinski definition) is 2. The topological polar surface area (TPSA) is 15.3 Å². The van der Waals surface area contributed by atoms with Crippen LogP contribution < -0.4 is 5.32 Å². The van der Waals surface area contributed by atoms with Gasteiger partial charge in [0.25, 0.3) is 0 Å². The van der Waals surface area contributed by atoms with E-state index in [2.05, 4.69) is 31.0 Å². The zero-order chi connectivity index (χ0) is 13.7. The highest BCUT2D eigenvalue weighted by Crippen LogP contribution is 2.28. The van der Waals surface area contributed by atoms with Crippen LogP contribution in [0.4, 0.5) is 0 Å². The van der Waals surface area contributed by atoms with E-state index in [1.165, 1.54) is 64.6 Å². The summed E-state index contributed by atoms with van der Waals surface area (Å²) in [5, 5.41) is 3.86. The molecule has 2 heteroatoms. The molecule has 0 aromatic carbocycles. The van der Waals surface area contributed by atoms with Crippen molar-refractivity contribution in [2.24, 2.45) is 11.8 Å². The summed E-state index contributed by atoms with van der Waals surface area (Å²) < 4.78 is 0. The Labute approximate surface area is 120 Å². The molecule has 1 saturated heterocycles. The molecule has 1 heterocycles. The molecule has 0 radical (unpaired) electrons. The molecular weight excluding hydrogens is 232 g/mol. The summed E-state index contributed by atoms with van der Waals surface area (Å²) in [4.78, 5) is 2.77. The Morgan fingerprint density at radius 1 is 1.16 bits per heavy atom. The molecule has 0 amide bonds. The molecule has 1 aliphatic heterocycles. The van der Waals surface area contributed by atoms with Gasteiger partial charge in [0.05, 0.1) is 0 Å². The summed E-state index contributed by atoms with van der Waals surface area (Å²) in [6.07, 6.45) is 9.95. The fourth-order valence-electron chi connectivity index (χ4n) is 3.79. The molecular formula is C17H34N2. The molecule has 2 nitrogen and oxygen atoms in total. The van der Waals surface area contributed by atoms with Crippen LogP contribution in [0, 0.1) is 11.8 Å². The van der Waals surface area contributed by atoms with E-state index in [9.17, 15) is 0 Å². The zero-order valence-corrected chi connectivity index (χ0v) is 13.3. The first-order valence-electron chi connectivity index (χ1n) is 8.68. The van der Waals surface area contributed by atoms with E-state index in [0.29, 0.717) is 0 Å². The van der Waals surface area contributed by atoms with E-state index in [1.54, 1.807) is 0 Å². The second-order valence-electron chi connectivity index (χ2n) is 7.06. The van der Waals surface area contributed by atoms with Crippen LogP contribution in [0.5, 0.6) is 0 Å². The fourth-order valence-corrected chi connectivity index (χ4v) is 3.79. The minimum atomic E-state index is 0.759. The van der Waals surface area contributed by atoms with Crippen LogP contribution >= 0.6 is 0 Å². The molecule has 3 unspecified atom stereocenters. The monoisotopic (exact) mass is 266 g/mol.